The van der Waals surface area contributed by atoms with Crippen molar-refractivity contribution in [1.82, 2.24) is 0 Å². The highest BCUT2D eigenvalue weighted by molar-refractivity contribution is 5.92. The molecule has 2 rings (SSSR count). The van der Waals surface area contributed by atoms with E-state index in [9.17, 15) is 15.0 Å². The summed E-state index contributed by atoms with van der Waals surface area (Å²) in [6.45, 7) is 9.76. The highest BCUT2D eigenvalue weighted by Gasteiger charge is 2.24. The van der Waals surface area contributed by atoms with Gasteiger partial charge in [0.25, 0.3) is 0 Å². The minimum absolute atomic E-state index is 0.155. The fourth-order valence-electron chi connectivity index (χ4n) is 2.40. The summed E-state index contributed by atoms with van der Waals surface area (Å²) in [6.07, 6.45) is 1.75. The minimum Gasteiger partial charge on any atom is -0.507 e. The molecule has 0 heterocycles. The van der Waals surface area contributed by atoms with Crippen molar-refractivity contribution < 1.29 is 19.7 Å². The van der Waals surface area contributed by atoms with Crippen molar-refractivity contribution in [2.75, 3.05) is 0 Å². The van der Waals surface area contributed by atoms with E-state index in [2.05, 4.69) is 6.58 Å². The molecule has 126 valence electrons. The summed E-state index contributed by atoms with van der Waals surface area (Å²) in [6, 6.07) is 10.8. The molecule has 0 unspecified atom stereocenters. The van der Waals surface area contributed by atoms with Crippen LogP contribution in [0.3, 0.4) is 0 Å². The molecule has 0 aliphatic heterocycles. The van der Waals surface area contributed by atoms with E-state index < -0.39 is 11.4 Å². The molecule has 24 heavy (non-hydrogen) atoms. The predicted octanol–water partition coefficient (Wildman–Crippen LogP) is 4.61. The zero-order valence-electron chi connectivity index (χ0n) is 14.2. The van der Waals surface area contributed by atoms with Crippen LogP contribution in [0.5, 0.6) is 11.5 Å². The molecule has 0 aromatic heterocycles. The average Bonchev–Trinajstić information content (AvgIpc) is 2.52. The van der Waals surface area contributed by atoms with Crippen molar-refractivity contribution in [2.45, 2.75) is 32.8 Å². The summed E-state index contributed by atoms with van der Waals surface area (Å²) in [5.41, 5.74) is 1.92. The first-order valence-corrected chi connectivity index (χ1v) is 7.67. The molecule has 2 aromatic carbocycles. The van der Waals surface area contributed by atoms with Crippen LogP contribution >= 0.6 is 0 Å². The summed E-state index contributed by atoms with van der Waals surface area (Å²) >= 11 is 0. The monoisotopic (exact) mass is 326 g/mol. The van der Waals surface area contributed by atoms with Gasteiger partial charge in [0, 0.05) is 5.56 Å². The molecule has 2 N–H and O–H groups in total. The molecule has 0 fully saturated rings. The zero-order valence-corrected chi connectivity index (χ0v) is 14.2. The molecule has 0 bridgehead atoms. The van der Waals surface area contributed by atoms with Gasteiger partial charge in [-0.15, -0.1) is 0 Å². The van der Waals surface area contributed by atoms with Gasteiger partial charge >= 0.3 is 5.97 Å². The minimum atomic E-state index is -1.18. The molecule has 0 aliphatic carbocycles. The highest BCUT2D eigenvalue weighted by Crippen LogP contribution is 2.37. The second-order valence-corrected chi connectivity index (χ2v) is 6.66. The summed E-state index contributed by atoms with van der Waals surface area (Å²) < 4.78 is 5.76. The van der Waals surface area contributed by atoms with Crippen molar-refractivity contribution in [2.24, 2.45) is 0 Å². The summed E-state index contributed by atoms with van der Waals surface area (Å²) in [5.74, 6) is -0.979. The van der Waals surface area contributed by atoms with Crippen LogP contribution in [0, 0.1) is 0 Å². The number of phenols is 1. The van der Waals surface area contributed by atoms with Crippen LogP contribution in [-0.2, 0) is 12.0 Å². The number of aromatic hydroxyl groups is 1. The zero-order chi connectivity index (χ0) is 17.9. The van der Waals surface area contributed by atoms with E-state index in [0.29, 0.717) is 17.9 Å². The Morgan fingerprint density at radius 3 is 2.54 bits per heavy atom. The fourth-order valence-corrected chi connectivity index (χ4v) is 2.40. The topological polar surface area (TPSA) is 66.8 Å². The first-order valence-electron chi connectivity index (χ1n) is 7.67. The summed E-state index contributed by atoms with van der Waals surface area (Å²) in [7, 11) is 0. The third-order valence-corrected chi connectivity index (χ3v) is 3.71. The first kappa shape index (κ1) is 17.6. The van der Waals surface area contributed by atoms with E-state index in [1.165, 1.54) is 6.07 Å². The third-order valence-electron chi connectivity index (χ3n) is 3.71. The lowest BCUT2D eigenvalue weighted by Crippen LogP contribution is -2.14. The lowest BCUT2D eigenvalue weighted by Gasteiger charge is -2.22. The van der Waals surface area contributed by atoms with Crippen molar-refractivity contribution in [3.63, 3.8) is 0 Å². The number of aromatic carboxylic acids is 1. The Kier molecular flexibility index (Phi) is 4.98. The highest BCUT2D eigenvalue weighted by atomic mass is 16.5. The molecule has 0 radical (unpaired) electrons. The van der Waals surface area contributed by atoms with E-state index in [4.69, 9.17) is 4.74 Å². The lowest BCUT2D eigenvalue weighted by atomic mass is 9.85. The second-order valence-electron chi connectivity index (χ2n) is 6.66. The maximum Gasteiger partial charge on any atom is 0.339 e. The van der Waals surface area contributed by atoms with Gasteiger partial charge in [-0.05, 0) is 34.7 Å². The smallest absolute Gasteiger partial charge is 0.339 e. The number of benzene rings is 2. The molecule has 0 atom stereocenters. The number of carboxylic acids is 1. The van der Waals surface area contributed by atoms with Crippen LogP contribution in [0.15, 0.2) is 43.0 Å². The normalized spacial score (nSPS) is 11.1. The Balaban J connectivity index is 2.34. The third kappa shape index (κ3) is 3.96. The molecule has 0 saturated carbocycles. The van der Waals surface area contributed by atoms with Crippen LogP contribution < -0.4 is 4.74 Å². The number of hydrogen-bond donors (Lipinski definition) is 2. The number of carbonyl (C=O) groups is 1. The molecule has 0 saturated heterocycles. The summed E-state index contributed by atoms with van der Waals surface area (Å²) in [5, 5.41) is 19.5. The van der Waals surface area contributed by atoms with Crippen molar-refractivity contribution in [3.05, 3.63) is 65.2 Å². The van der Waals surface area contributed by atoms with Gasteiger partial charge < -0.3 is 14.9 Å². The maximum absolute atomic E-state index is 11.4. The molecule has 0 spiro atoms. The Hall–Kier alpha value is -2.75. The van der Waals surface area contributed by atoms with Crippen molar-refractivity contribution in [3.8, 4) is 11.5 Å². The molecule has 0 aliphatic rings. The van der Waals surface area contributed by atoms with E-state index in [1.807, 2.05) is 45.0 Å². The quantitative estimate of drug-likeness (QED) is 0.842. The SMILES string of the molecule is C=Cc1cccc(COc2cc(C(=O)O)c(O)c(C(C)(C)C)c2)c1. The number of rotatable bonds is 5. The van der Waals surface area contributed by atoms with Gasteiger partial charge in [0.2, 0.25) is 0 Å². The molecule has 4 heteroatoms. The van der Waals surface area contributed by atoms with Crippen molar-refractivity contribution in [1.29, 1.82) is 0 Å². The molecule has 4 nitrogen and oxygen atoms in total. The predicted molar refractivity (Wildman–Crippen MR) is 94.6 cm³/mol. The van der Waals surface area contributed by atoms with Gasteiger partial charge in [0.05, 0.1) is 0 Å². The van der Waals surface area contributed by atoms with Gasteiger partial charge in [-0.1, -0.05) is 51.6 Å². The number of ether oxygens (including phenoxy) is 1. The van der Waals surface area contributed by atoms with E-state index in [-0.39, 0.29) is 11.3 Å². The Morgan fingerprint density at radius 2 is 1.96 bits per heavy atom. The van der Waals surface area contributed by atoms with Gasteiger partial charge in [-0.2, -0.15) is 0 Å². The largest absolute Gasteiger partial charge is 0.507 e. The van der Waals surface area contributed by atoms with Crippen LogP contribution in [0.1, 0.15) is 47.8 Å². The number of hydrogen-bond acceptors (Lipinski definition) is 3. The standard InChI is InChI=1S/C20H22O4/c1-5-13-7-6-8-14(9-13)12-24-15-10-16(19(22)23)18(21)17(11-15)20(2,3)4/h5-11,21H,1,12H2,2-4H3,(H,22,23). The van der Waals surface area contributed by atoms with Crippen LogP contribution in [0.2, 0.25) is 0 Å². The van der Waals surface area contributed by atoms with Gasteiger partial charge in [0.1, 0.15) is 23.7 Å². The second kappa shape index (κ2) is 6.79. The Morgan fingerprint density at radius 1 is 1.25 bits per heavy atom. The van der Waals surface area contributed by atoms with Crippen LogP contribution in [-0.4, -0.2) is 16.2 Å². The summed E-state index contributed by atoms with van der Waals surface area (Å²) in [4.78, 5) is 11.4. The fraction of sp³-hybridized carbons (Fsp3) is 0.250. The van der Waals surface area contributed by atoms with Gasteiger partial charge in [-0.3, -0.25) is 0 Å². The Bertz CT molecular complexity index is 770. The molecule has 2 aromatic rings. The van der Waals surface area contributed by atoms with Crippen LogP contribution in [0.4, 0.5) is 0 Å². The van der Waals surface area contributed by atoms with E-state index >= 15 is 0 Å². The molecule has 0 amide bonds. The van der Waals surface area contributed by atoms with Gasteiger partial charge in [-0.25, -0.2) is 4.79 Å². The Labute approximate surface area is 142 Å². The average molecular weight is 326 g/mol. The lowest BCUT2D eigenvalue weighted by molar-refractivity contribution is 0.0692. The molecular weight excluding hydrogens is 304 g/mol. The number of carboxylic acid groups (broad SMARTS) is 1. The van der Waals surface area contributed by atoms with Crippen LogP contribution in [0.25, 0.3) is 6.08 Å². The van der Waals surface area contributed by atoms with E-state index in [0.717, 1.165) is 11.1 Å². The van der Waals surface area contributed by atoms with Crippen molar-refractivity contribution >= 4 is 12.0 Å². The van der Waals surface area contributed by atoms with E-state index in [1.54, 1.807) is 12.1 Å². The maximum atomic E-state index is 11.4. The molecular formula is C20H22O4. The van der Waals surface area contributed by atoms with Gasteiger partial charge in [0.15, 0.2) is 0 Å². The first-order chi connectivity index (χ1) is 11.2.